The summed E-state index contributed by atoms with van der Waals surface area (Å²) in [5.74, 6) is 1.10. The molecule has 0 radical (unpaired) electrons. The predicted molar refractivity (Wildman–Crippen MR) is 117 cm³/mol. The highest BCUT2D eigenvalue weighted by Gasteiger charge is 2.30. The number of carbonyl (C=O) groups excluding carboxylic acids is 1. The van der Waals surface area contributed by atoms with Crippen molar-refractivity contribution in [3.8, 4) is 11.5 Å². The maximum absolute atomic E-state index is 11.4. The van der Waals surface area contributed by atoms with Crippen LogP contribution in [0.3, 0.4) is 0 Å². The standard InChI is InChI=1S/C25H26N2O3/c1-29-22-14-20-12-13-27(16-17-8-10-19(11-9-17)25(26)28)24(18-6-4-3-5-7-18)21(20)15-23(22)30-2/h3-11,14-15,24H,12-13,16H2,1-2H3,(H2,26,28). The molecule has 154 valence electrons. The SMILES string of the molecule is COc1cc2c(cc1OC)C(c1ccccc1)N(Cc1ccc(C(N)=O)cc1)CC2. The van der Waals surface area contributed by atoms with Crippen LogP contribution >= 0.6 is 0 Å². The molecule has 1 atom stereocenters. The highest BCUT2D eigenvalue weighted by Crippen LogP contribution is 2.41. The van der Waals surface area contributed by atoms with Gasteiger partial charge in [0.2, 0.25) is 5.91 Å². The third-order valence-corrected chi connectivity index (χ3v) is 5.71. The van der Waals surface area contributed by atoms with Crippen molar-refractivity contribution in [1.82, 2.24) is 4.90 Å². The molecule has 1 amide bonds. The van der Waals surface area contributed by atoms with Crippen LogP contribution in [0.1, 0.15) is 38.7 Å². The minimum atomic E-state index is -0.406. The molecular formula is C25H26N2O3. The zero-order valence-corrected chi connectivity index (χ0v) is 17.3. The van der Waals surface area contributed by atoms with E-state index in [0.717, 1.165) is 36.6 Å². The van der Waals surface area contributed by atoms with Crippen molar-refractivity contribution >= 4 is 5.91 Å². The van der Waals surface area contributed by atoms with Crippen molar-refractivity contribution in [2.45, 2.75) is 19.0 Å². The van der Waals surface area contributed by atoms with Crippen LogP contribution in [0.25, 0.3) is 0 Å². The molecule has 0 fully saturated rings. The molecule has 0 bridgehead atoms. The molecule has 4 rings (SSSR count). The predicted octanol–water partition coefficient (Wildman–Crippen LogP) is 3.95. The lowest BCUT2D eigenvalue weighted by Crippen LogP contribution is -2.35. The van der Waals surface area contributed by atoms with Gasteiger partial charge in [-0.2, -0.15) is 0 Å². The van der Waals surface area contributed by atoms with Gasteiger partial charge >= 0.3 is 0 Å². The van der Waals surface area contributed by atoms with E-state index in [9.17, 15) is 4.79 Å². The molecule has 2 N–H and O–H groups in total. The van der Waals surface area contributed by atoms with Gasteiger partial charge < -0.3 is 15.2 Å². The molecule has 0 aliphatic carbocycles. The fourth-order valence-corrected chi connectivity index (χ4v) is 4.20. The van der Waals surface area contributed by atoms with Gasteiger partial charge in [0, 0.05) is 18.7 Å². The Labute approximate surface area is 177 Å². The van der Waals surface area contributed by atoms with Crippen molar-refractivity contribution < 1.29 is 14.3 Å². The van der Waals surface area contributed by atoms with E-state index in [2.05, 4.69) is 41.3 Å². The highest BCUT2D eigenvalue weighted by atomic mass is 16.5. The van der Waals surface area contributed by atoms with E-state index in [1.165, 1.54) is 16.7 Å². The molecule has 1 aliphatic rings. The molecule has 3 aromatic rings. The highest BCUT2D eigenvalue weighted by molar-refractivity contribution is 5.92. The number of nitrogens with two attached hydrogens (primary N) is 1. The number of primary amides is 1. The second kappa shape index (κ2) is 8.59. The average molecular weight is 402 g/mol. The molecule has 0 saturated carbocycles. The lowest BCUT2D eigenvalue weighted by atomic mass is 9.87. The zero-order chi connectivity index (χ0) is 21.1. The quantitative estimate of drug-likeness (QED) is 0.678. The first-order chi connectivity index (χ1) is 14.6. The Kier molecular flexibility index (Phi) is 5.72. The van der Waals surface area contributed by atoms with E-state index in [-0.39, 0.29) is 6.04 Å². The van der Waals surface area contributed by atoms with E-state index >= 15 is 0 Å². The monoisotopic (exact) mass is 402 g/mol. The number of amides is 1. The van der Waals surface area contributed by atoms with E-state index in [0.29, 0.717) is 5.56 Å². The number of benzene rings is 3. The molecule has 5 nitrogen and oxygen atoms in total. The van der Waals surface area contributed by atoms with Gasteiger partial charge in [0.15, 0.2) is 11.5 Å². The third-order valence-electron chi connectivity index (χ3n) is 5.71. The van der Waals surface area contributed by atoms with Crippen molar-refractivity contribution in [1.29, 1.82) is 0 Å². The number of hydrogen-bond acceptors (Lipinski definition) is 4. The van der Waals surface area contributed by atoms with Gasteiger partial charge in [-0.25, -0.2) is 0 Å². The number of nitrogens with zero attached hydrogens (tertiary/aromatic N) is 1. The summed E-state index contributed by atoms with van der Waals surface area (Å²) in [6.07, 6.45) is 0.929. The number of rotatable bonds is 6. The van der Waals surface area contributed by atoms with Crippen molar-refractivity contribution in [3.63, 3.8) is 0 Å². The lowest BCUT2D eigenvalue weighted by molar-refractivity contribution is 0.1000. The summed E-state index contributed by atoms with van der Waals surface area (Å²) in [4.78, 5) is 13.8. The summed E-state index contributed by atoms with van der Waals surface area (Å²) in [5.41, 5.74) is 10.8. The second-order valence-corrected chi connectivity index (χ2v) is 7.50. The van der Waals surface area contributed by atoms with Crippen molar-refractivity contribution in [3.05, 3.63) is 94.5 Å². The third kappa shape index (κ3) is 3.89. The Balaban J connectivity index is 1.73. The number of methoxy groups -OCH3 is 2. The first-order valence-corrected chi connectivity index (χ1v) is 10.0. The van der Waals surface area contributed by atoms with Gasteiger partial charge in [-0.05, 0) is 52.9 Å². The van der Waals surface area contributed by atoms with Crippen molar-refractivity contribution in [2.24, 2.45) is 5.73 Å². The van der Waals surface area contributed by atoms with Crippen LogP contribution in [-0.2, 0) is 13.0 Å². The minimum Gasteiger partial charge on any atom is -0.493 e. The molecule has 1 aliphatic heterocycles. The van der Waals surface area contributed by atoms with Gasteiger partial charge in [-0.3, -0.25) is 9.69 Å². The molecule has 3 aromatic carbocycles. The zero-order valence-electron chi connectivity index (χ0n) is 17.3. The summed E-state index contributed by atoms with van der Waals surface area (Å²) >= 11 is 0. The fraction of sp³-hybridized carbons (Fsp3) is 0.240. The number of ether oxygens (including phenoxy) is 2. The summed E-state index contributed by atoms with van der Waals surface area (Å²) in [6.45, 7) is 1.69. The average Bonchev–Trinajstić information content (AvgIpc) is 2.79. The fourth-order valence-electron chi connectivity index (χ4n) is 4.20. The van der Waals surface area contributed by atoms with E-state index in [4.69, 9.17) is 15.2 Å². The topological polar surface area (TPSA) is 64.8 Å². The first kappa shape index (κ1) is 20.0. The summed E-state index contributed by atoms with van der Waals surface area (Å²) in [7, 11) is 3.34. The van der Waals surface area contributed by atoms with E-state index < -0.39 is 5.91 Å². The molecule has 1 unspecified atom stereocenters. The van der Waals surface area contributed by atoms with Crippen LogP contribution in [0.15, 0.2) is 66.7 Å². The smallest absolute Gasteiger partial charge is 0.248 e. The van der Waals surface area contributed by atoms with Gasteiger partial charge in [0.05, 0.1) is 20.3 Å². The molecule has 1 heterocycles. The molecule has 0 saturated heterocycles. The van der Waals surface area contributed by atoms with Crippen LogP contribution in [-0.4, -0.2) is 31.6 Å². The van der Waals surface area contributed by atoms with Crippen LogP contribution in [0.5, 0.6) is 11.5 Å². The molecule has 0 aromatic heterocycles. The largest absolute Gasteiger partial charge is 0.493 e. The normalized spacial score (nSPS) is 16.0. The van der Waals surface area contributed by atoms with E-state index in [1.54, 1.807) is 26.4 Å². The summed E-state index contributed by atoms with van der Waals surface area (Å²) in [6, 6.07) is 22.4. The van der Waals surface area contributed by atoms with Crippen molar-refractivity contribution in [2.75, 3.05) is 20.8 Å². The van der Waals surface area contributed by atoms with E-state index in [1.807, 2.05) is 18.2 Å². The molecule has 5 heteroatoms. The second-order valence-electron chi connectivity index (χ2n) is 7.50. The van der Waals surface area contributed by atoms with Crippen LogP contribution in [0, 0.1) is 0 Å². The Bertz CT molecular complexity index is 1030. The minimum absolute atomic E-state index is 0.102. The number of hydrogen-bond donors (Lipinski definition) is 1. The summed E-state index contributed by atoms with van der Waals surface area (Å²) in [5, 5.41) is 0. The first-order valence-electron chi connectivity index (χ1n) is 10.0. The van der Waals surface area contributed by atoms with Gasteiger partial charge in [0.25, 0.3) is 0 Å². The van der Waals surface area contributed by atoms with Gasteiger partial charge in [-0.15, -0.1) is 0 Å². The lowest BCUT2D eigenvalue weighted by Gasteiger charge is -2.38. The maximum Gasteiger partial charge on any atom is 0.248 e. The molecular weight excluding hydrogens is 376 g/mol. The number of carbonyl (C=O) groups is 1. The molecule has 30 heavy (non-hydrogen) atoms. The molecule has 0 spiro atoms. The van der Waals surface area contributed by atoms with Gasteiger partial charge in [-0.1, -0.05) is 42.5 Å². The van der Waals surface area contributed by atoms with Crippen LogP contribution in [0.2, 0.25) is 0 Å². The summed E-state index contributed by atoms with van der Waals surface area (Å²) < 4.78 is 11.1. The number of fused-ring (bicyclic) bond motifs is 1. The Morgan fingerprint density at radius 2 is 1.67 bits per heavy atom. The van der Waals surface area contributed by atoms with Crippen LogP contribution in [0.4, 0.5) is 0 Å². The Morgan fingerprint density at radius 1 is 1.00 bits per heavy atom. The Morgan fingerprint density at radius 3 is 2.30 bits per heavy atom. The Hall–Kier alpha value is -3.31. The van der Waals surface area contributed by atoms with Crippen LogP contribution < -0.4 is 15.2 Å². The maximum atomic E-state index is 11.4. The van der Waals surface area contributed by atoms with Gasteiger partial charge in [0.1, 0.15) is 0 Å².